The monoisotopic (exact) mass is 852 g/mol. The second-order valence-electron chi connectivity index (χ2n) is 21.5. The molecule has 4 atom stereocenters. The van der Waals surface area contributed by atoms with Gasteiger partial charge in [0.25, 0.3) is 0 Å². The van der Waals surface area contributed by atoms with Gasteiger partial charge < -0.3 is 9.80 Å². The van der Waals surface area contributed by atoms with Crippen molar-refractivity contribution in [3.8, 4) is 22.3 Å². The average molecular weight is 853 g/mol. The summed E-state index contributed by atoms with van der Waals surface area (Å²) in [5, 5.41) is 13.3. The zero-order chi connectivity index (χ0) is 44.2. The van der Waals surface area contributed by atoms with Crippen LogP contribution in [0.4, 0.5) is 22.7 Å². The van der Waals surface area contributed by atoms with Gasteiger partial charge in [0.1, 0.15) is 0 Å². The molecular weight excluding hydrogens is 797 g/mol. The van der Waals surface area contributed by atoms with E-state index in [1.165, 1.54) is 161 Å². The minimum absolute atomic E-state index is 0.00528. The van der Waals surface area contributed by atoms with Crippen molar-refractivity contribution in [2.75, 3.05) is 9.80 Å². The molecule has 2 aliphatic heterocycles. The Balaban J connectivity index is 0.864. The Kier molecular flexibility index (Phi) is 7.88. The van der Waals surface area contributed by atoms with Gasteiger partial charge in [0.15, 0.2) is 0 Å². The molecule has 2 nitrogen and oxygen atoms in total. The molecule has 0 radical (unpaired) electrons. The van der Waals surface area contributed by atoms with Crippen LogP contribution in [0.25, 0.3) is 76.1 Å². The summed E-state index contributed by atoms with van der Waals surface area (Å²) < 4.78 is 0. The van der Waals surface area contributed by atoms with E-state index in [0.29, 0.717) is 0 Å². The fraction of sp³-hybridized carbons (Fsp3) is 0.250. The third-order valence-corrected chi connectivity index (χ3v) is 18.4. The number of rotatable bonds is 4. The molecule has 10 aromatic rings. The van der Waals surface area contributed by atoms with E-state index < -0.39 is 0 Å². The quantitative estimate of drug-likeness (QED) is 0.163. The van der Waals surface area contributed by atoms with Crippen molar-refractivity contribution >= 4 is 76.6 Å². The normalized spacial score (nSPS) is 24.7. The first kappa shape index (κ1) is 38.6. The maximum Gasteiger partial charge on any atom is 0.0518 e. The first-order chi connectivity index (χ1) is 32.2. The second kappa shape index (κ2) is 13.5. The van der Waals surface area contributed by atoms with Crippen molar-refractivity contribution < 1.29 is 0 Å². The molecule has 2 fully saturated rings. The van der Waals surface area contributed by atoms with Gasteiger partial charge in [-0.3, -0.25) is 0 Å². The molecule has 66 heavy (non-hydrogen) atoms. The summed E-state index contributed by atoms with van der Waals surface area (Å²) in [5.41, 5.74) is 13.7. The van der Waals surface area contributed by atoms with Gasteiger partial charge in [-0.05, 0) is 177 Å². The van der Waals surface area contributed by atoms with E-state index in [1.807, 2.05) is 0 Å². The van der Waals surface area contributed by atoms with Crippen LogP contribution >= 0.6 is 0 Å². The Labute approximate surface area is 388 Å². The van der Waals surface area contributed by atoms with E-state index in [1.54, 1.807) is 0 Å². The second-order valence-corrected chi connectivity index (χ2v) is 21.5. The van der Waals surface area contributed by atoms with E-state index in [4.69, 9.17) is 0 Å². The number of hydrogen-bond acceptors (Lipinski definition) is 2. The zero-order valence-electron chi connectivity index (χ0n) is 38.7. The molecule has 14 rings (SSSR count). The van der Waals surface area contributed by atoms with Crippen LogP contribution in [0.1, 0.15) is 90.2 Å². The molecule has 4 unspecified atom stereocenters. The maximum absolute atomic E-state index is 2.74. The van der Waals surface area contributed by atoms with Crippen LogP contribution in [0.5, 0.6) is 0 Å². The lowest BCUT2D eigenvalue weighted by atomic mass is 9.61. The summed E-state index contributed by atoms with van der Waals surface area (Å²) in [4.78, 5) is 5.47. The van der Waals surface area contributed by atoms with Gasteiger partial charge in [0, 0.05) is 44.4 Å². The molecule has 0 bridgehead atoms. The van der Waals surface area contributed by atoms with Crippen molar-refractivity contribution in [2.24, 2.45) is 0 Å². The number of hydrogen-bond donors (Lipinski definition) is 0. The van der Waals surface area contributed by atoms with Gasteiger partial charge in [0.2, 0.25) is 0 Å². The van der Waals surface area contributed by atoms with Crippen LogP contribution in [-0.2, 0) is 10.8 Å². The summed E-state index contributed by atoms with van der Waals surface area (Å²) in [7, 11) is 0. The van der Waals surface area contributed by atoms with Gasteiger partial charge >= 0.3 is 0 Å². The maximum atomic E-state index is 2.74. The van der Waals surface area contributed by atoms with E-state index in [2.05, 4.69) is 207 Å². The molecular formula is C64H56N2. The predicted molar refractivity (Wildman–Crippen MR) is 282 cm³/mol. The third-order valence-electron chi connectivity index (χ3n) is 18.4. The molecule has 2 aliphatic carbocycles. The molecule has 2 saturated carbocycles. The lowest BCUT2D eigenvalue weighted by Crippen LogP contribution is -2.54. The number of nitrogens with zero attached hydrogens (tertiary/aromatic N) is 2. The van der Waals surface area contributed by atoms with Crippen LogP contribution in [-0.4, -0.2) is 11.1 Å². The molecule has 0 spiro atoms. The molecule has 0 aromatic heterocycles. The molecule has 0 saturated heterocycles. The average Bonchev–Trinajstić information content (AvgIpc) is 3.69. The van der Waals surface area contributed by atoms with Gasteiger partial charge in [-0.25, -0.2) is 0 Å². The largest absolute Gasteiger partial charge is 0.334 e. The fourth-order valence-electron chi connectivity index (χ4n) is 14.6. The van der Waals surface area contributed by atoms with Crippen molar-refractivity contribution in [3.05, 3.63) is 181 Å². The molecule has 0 amide bonds. The van der Waals surface area contributed by atoms with Crippen molar-refractivity contribution in [1.29, 1.82) is 0 Å². The highest BCUT2D eigenvalue weighted by Gasteiger charge is 2.59. The third kappa shape index (κ3) is 4.98. The summed E-state index contributed by atoms with van der Waals surface area (Å²) in [6, 6.07) is 65.7. The van der Waals surface area contributed by atoms with Crippen LogP contribution in [0, 0.1) is 0 Å². The summed E-state index contributed by atoms with van der Waals surface area (Å²) in [6.45, 7) is 10.2. The summed E-state index contributed by atoms with van der Waals surface area (Å²) in [6.07, 6.45) is 9.87. The minimum Gasteiger partial charge on any atom is -0.334 e. The van der Waals surface area contributed by atoms with Crippen LogP contribution in [0.2, 0.25) is 0 Å². The molecule has 2 heterocycles. The van der Waals surface area contributed by atoms with Crippen molar-refractivity contribution in [3.63, 3.8) is 0 Å². The Morgan fingerprint density at radius 3 is 1.12 bits per heavy atom. The topological polar surface area (TPSA) is 6.48 Å². The Morgan fingerprint density at radius 1 is 0.318 bits per heavy atom. The van der Waals surface area contributed by atoms with Crippen LogP contribution in [0.3, 0.4) is 0 Å². The highest BCUT2D eigenvalue weighted by atomic mass is 15.3. The minimum atomic E-state index is -0.00528. The Hall–Kier alpha value is -6.64. The lowest BCUT2D eigenvalue weighted by Gasteiger charge is -2.50. The highest BCUT2D eigenvalue weighted by molar-refractivity contribution is 6.24. The Bertz CT molecular complexity index is 3340. The van der Waals surface area contributed by atoms with E-state index in [-0.39, 0.29) is 21.9 Å². The Morgan fingerprint density at radius 2 is 0.697 bits per heavy atom. The lowest BCUT2D eigenvalue weighted by molar-refractivity contribution is 0.195. The number of anilines is 4. The van der Waals surface area contributed by atoms with E-state index >= 15 is 0 Å². The van der Waals surface area contributed by atoms with Crippen LogP contribution in [0.15, 0.2) is 170 Å². The molecule has 0 N–H and O–H groups in total. The van der Waals surface area contributed by atoms with E-state index in [9.17, 15) is 0 Å². The van der Waals surface area contributed by atoms with Gasteiger partial charge in [-0.15, -0.1) is 0 Å². The van der Waals surface area contributed by atoms with E-state index in [0.717, 1.165) is 0 Å². The first-order valence-electron chi connectivity index (χ1n) is 24.8. The SMILES string of the molecule is CC12CCCCC1(C)N(c1cccc3ccccc13)c1ccc(-c3cc4ccc5cc(-c6ccc7c(c6)C6(C)CCCCC6(C)N7c6cccc7ccccc67)cc6ccc(c3)c4c56)cc12. The number of benzene rings is 10. The smallest absolute Gasteiger partial charge is 0.0518 e. The standard InChI is InChI=1S/C64H56N2/c1-61-31-9-11-33-63(61,3)65(55-21-13-17-41-15-5-7-19-51(41)55)57-29-27-43(39-53(57)61)49-35-45-23-25-47-37-50(38-48-26-24-46(36-49)59(45)60(47)48)44-28-30-58-54(40-44)62(2)32-10-12-34-64(62,4)66(58)56-22-14-18-42-16-6-8-20-52(42)56/h5-8,13-30,35-40H,9-12,31-34H2,1-4H3. The van der Waals surface area contributed by atoms with Gasteiger partial charge in [0.05, 0.1) is 11.1 Å². The molecule has 2 heteroatoms. The van der Waals surface area contributed by atoms with Gasteiger partial charge in [-0.2, -0.15) is 0 Å². The van der Waals surface area contributed by atoms with Crippen molar-refractivity contribution in [1.82, 2.24) is 0 Å². The fourth-order valence-corrected chi connectivity index (χ4v) is 14.6. The predicted octanol–water partition coefficient (Wildman–Crippen LogP) is 17.7. The molecule has 4 aliphatic rings. The molecule has 10 aromatic carbocycles. The molecule has 322 valence electrons. The summed E-state index contributed by atoms with van der Waals surface area (Å²) >= 11 is 0. The number of fused-ring (bicyclic) bond motifs is 8. The first-order valence-corrected chi connectivity index (χ1v) is 24.8. The van der Waals surface area contributed by atoms with Crippen LogP contribution < -0.4 is 9.80 Å². The zero-order valence-corrected chi connectivity index (χ0v) is 38.7. The summed E-state index contributed by atoms with van der Waals surface area (Å²) in [5.74, 6) is 0. The van der Waals surface area contributed by atoms with Gasteiger partial charge in [-0.1, -0.05) is 149 Å². The highest BCUT2D eigenvalue weighted by Crippen LogP contribution is 2.63. The van der Waals surface area contributed by atoms with Crippen molar-refractivity contribution in [2.45, 2.75) is 101 Å².